The molecule has 1 fully saturated rings. The SMILES string of the molecule is CCOc1cc(-c2ccc(Cl)cc2)cc(C(CC2CC2)C(=O)OC)c1. The maximum absolute atomic E-state index is 12.4. The van der Waals surface area contributed by atoms with Crippen molar-refractivity contribution < 1.29 is 14.3 Å². The molecule has 3 nitrogen and oxygen atoms in total. The van der Waals surface area contributed by atoms with E-state index in [1.54, 1.807) is 0 Å². The minimum Gasteiger partial charge on any atom is -0.494 e. The number of carbonyl (C=O) groups is 1. The van der Waals surface area contributed by atoms with Crippen LogP contribution in [0.25, 0.3) is 11.1 Å². The van der Waals surface area contributed by atoms with Crippen molar-refractivity contribution in [3.63, 3.8) is 0 Å². The van der Waals surface area contributed by atoms with E-state index in [1.807, 2.05) is 43.3 Å². The molecule has 3 rings (SSSR count). The van der Waals surface area contributed by atoms with E-state index in [0.717, 1.165) is 28.9 Å². The summed E-state index contributed by atoms with van der Waals surface area (Å²) in [6.07, 6.45) is 3.23. The number of hydrogen-bond acceptors (Lipinski definition) is 3. The van der Waals surface area contributed by atoms with Gasteiger partial charge in [0, 0.05) is 5.02 Å². The fraction of sp³-hybridized carbons (Fsp3) is 0.381. The van der Waals surface area contributed by atoms with Crippen LogP contribution >= 0.6 is 11.6 Å². The molecule has 2 aromatic rings. The Morgan fingerprint density at radius 1 is 1.16 bits per heavy atom. The monoisotopic (exact) mass is 358 g/mol. The van der Waals surface area contributed by atoms with Gasteiger partial charge in [0.1, 0.15) is 5.75 Å². The van der Waals surface area contributed by atoms with Crippen molar-refractivity contribution in [3.05, 3.63) is 53.1 Å². The van der Waals surface area contributed by atoms with E-state index in [1.165, 1.54) is 20.0 Å². The lowest BCUT2D eigenvalue weighted by molar-refractivity contribution is -0.142. The molecule has 0 bridgehead atoms. The minimum atomic E-state index is -0.246. The molecule has 0 spiro atoms. The predicted octanol–water partition coefficient (Wildman–Crippen LogP) is 5.46. The first-order chi connectivity index (χ1) is 12.1. The summed E-state index contributed by atoms with van der Waals surface area (Å²) in [4.78, 5) is 12.4. The van der Waals surface area contributed by atoms with Gasteiger partial charge in [-0.05, 0) is 60.2 Å². The van der Waals surface area contributed by atoms with Crippen LogP contribution in [-0.4, -0.2) is 19.7 Å². The summed E-state index contributed by atoms with van der Waals surface area (Å²) in [5.74, 6) is 0.972. The van der Waals surface area contributed by atoms with E-state index >= 15 is 0 Å². The van der Waals surface area contributed by atoms with Crippen molar-refractivity contribution in [1.82, 2.24) is 0 Å². The van der Waals surface area contributed by atoms with E-state index in [4.69, 9.17) is 21.1 Å². The second kappa shape index (κ2) is 7.92. The van der Waals surface area contributed by atoms with Crippen LogP contribution in [-0.2, 0) is 9.53 Å². The molecular formula is C21H23ClO3. The zero-order valence-electron chi connectivity index (χ0n) is 14.6. The van der Waals surface area contributed by atoms with Crippen LogP contribution in [0.3, 0.4) is 0 Å². The van der Waals surface area contributed by atoms with Crippen molar-refractivity contribution in [2.45, 2.75) is 32.1 Å². The van der Waals surface area contributed by atoms with Gasteiger partial charge in [0.25, 0.3) is 0 Å². The Labute approximate surface area is 153 Å². The number of rotatable bonds is 7. The van der Waals surface area contributed by atoms with Crippen LogP contribution in [0.2, 0.25) is 5.02 Å². The summed E-state index contributed by atoms with van der Waals surface area (Å²) in [6, 6.07) is 13.7. The van der Waals surface area contributed by atoms with Crippen molar-refractivity contribution in [2.75, 3.05) is 13.7 Å². The van der Waals surface area contributed by atoms with Crippen LogP contribution in [0.1, 0.15) is 37.7 Å². The number of methoxy groups -OCH3 is 1. The highest BCUT2D eigenvalue weighted by Gasteiger charge is 2.31. The maximum atomic E-state index is 12.4. The van der Waals surface area contributed by atoms with Gasteiger partial charge in [-0.25, -0.2) is 0 Å². The van der Waals surface area contributed by atoms with Crippen molar-refractivity contribution in [1.29, 1.82) is 0 Å². The van der Waals surface area contributed by atoms with Gasteiger partial charge < -0.3 is 9.47 Å². The molecule has 0 aromatic heterocycles. The third-order valence-electron chi connectivity index (χ3n) is 4.57. The smallest absolute Gasteiger partial charge is 0.313 e. The molecule has 4 heteroatoms. The molecular weight excluding hydrogens is 336 g/mol. The predicted molar refractivity (Wildman–Crippen MR) is 100 cm³/mol. The lowest BCUT2D eigenvalue weighted by Crippen LogP contribution is -2.15. The van der Waals surface area contributed by atoms with E-state index in [9.17, 15) is 4.79 Å². The van der Waals surface area contributed by atoms with Gasteiger partial charge in [-0.2, -0.15) is 0 Å². The molecule has 0 heterocycles. The highest BCUT2D eigenvalue weighted by atomic mass is 35.5. The molecule has 1 saturated carbocycles. The molecule has 2 aromatic carbocycles. The molecule has 0 saturated heterocycles. The Hall–Kier alpha value is -2.00. The molecule has 0 radical (unpaired) electrons. The lowest BCUT2D eigenvalue weighted by Gasteiger charge is -2.18. The average Bonchev–Trinajstić information content (AvgIpc) is 3.44. The van der Waals surface area contributed by atoms with E-state index in [0.29, 0.717) is 17.5 Å². The molecule has 1 aliphatic rings. The molecule has 0 aliphatic heterocycles. The second-order valence-corrected chi connectivity index (χ2v) is 6.92. The molecule has 0 N–H and O–H groups in total. The zero-order valence-corrected chi connectivity index (χ0v) is 15.4. The molecule has 25 heavy (non-hydrogen) atoms. The topological polar surface area (TPSA) is 35.5 Å². The highest BCUT2D eigenvalue weighted by Crippen LogP contribution is 2.40. The molecule has 1 unspecified atom stereocenters. The second-order valence-electron chi connectivity index (χ2n) is 6.49. The standard InChI is InChI=1S/C21H23ClO3/c1-3-25-19-12-16(15-6-8-18(22)9-7-15)11-17(13-19)20(21(23)24-2)10-14-4-5-14/h6-9,11-14,20H,3-5,10H2,1-2H3. The van der Waals surface area contributed by atoms with E-state index in [2.05, 4.69) is 6.07 Å². The Balaban J connectivity index is 2.01. The van der Waals surface area contributed by atoms with Crippen LogP contribution in [0.5, 0.6) is 5.75 Å². The first-order valence-electron chi connectivity index (χ1n) is 8.72. The third-order valence-corrected chi connectivity index (χ3v) is 4.82. The lowest BCUT2D eigenvalue weighted by atomic mass is 9.90. The van der Waals surface area contributed by atoms with Gasteiger partial charge >= 0.3 is 5.97 Å². The Morgan fingerprint density at radius 2 is 1.88 bits per heavy atom. The summed E-state index contributed by atoms with van der Waals surface area (Å²) < 4.78 is 10.8. The Bertz CT molecular complexity index is 735. The first kappa shape index (κ1) is 17.8. The summed E-state index contributed by atoms with van der Waals surface area (Å²) in [7, 11) is 1.45. The summed E-state index contributed by atoms with van der Waals surface area (Å²) in [6.45, 7) is 2.53. The first-order valence-corrected chi connectivity index (χ1v) is 9.10. The van der Waals surface area contributed by atoms with Gasteiger partial charge in [-0.3, -0.25) is 4.79 Å². The number of carbonyl (C=O) groups excluding carboxylic acids is 1. The summed E-state index contributed by atoms with van der Waals surface area (Å²) in [5, 5.41) is 0.700. The van der Waals surface area contributed by atoms with Gasteiger partial charge in [0.15, 0.2) is 0 Å². The van der Waals surface area contributed by atoms with Crippen LogP contribution in [0.4, 0.5) is 0 Å². The molecule has 0 amide bonds. The van der Waals surface area contributed by atoms with E-state index in [-0.39, 0.29) is 11.9 Å². The Morgan fingerprint density at radius 3 is 2.48 bits per heavy atom. The van der Waals surface area contributed by atoms with Gasteiger partial charge in [0.05, 0.1) is 19.6 Å². The minimum absolute atomic E-state index is 0.178. The largest absolute Gasteiger partial charge is 0.494 e. The van der Waals surface area contributed by atoms with E-state index < -0.39 is 0 Å². The van der Waals surface area contributed by atoms with Crippen molar-refractivity contribution in [3.8, 4) is 16.9 Å². The van der Waals surface area contributed by atoms with Crippen LogP contribution in [0.15, 0.2) is 42.5 Å². The fourth-order valence-corrected chi connectivity index (χ4v) is 3.21. The van der Waals surface area contributed by atoms with Crippen LogP contribution in [0, 0.1) is 5.92 Å². The van der Waals surface area contributed by atoms with Crippen molar-refractivity contribution in [2.24, 2.45) is 5.92 Å². The van der Waals surface area contributed by atoms with Gasteiger partial charge in [0.2, 0.25) is 0 Å². The number of ether oxygens (including phenoxy) is 2. The number of hydrogen-bond donors (Lipinski definition) is 0. The summed E-state index contributed by atoms with van der Waals surface area (Å²) >= 11 is 6.00. The maximum Gasteiger partial charge on any atom is 0.313 e. The van der Waals surface area contributed by atoms with Gasteiger partial charge in [-0.15, -0.1) is 0 Å². The number of benzene rings is 2. The number of esters is 1. The zero-order chi connectivity index (χ0) is 17.8. The quantitative estimate of drug-likeness (QED) is 0.616. The normalized spacial score (nSPS) is 14.8. The molecule has 132 valence electrons. The molecule has 1 aliphatic carbocycles. The number of halogens is 1. The average molecular weight is 359 g/mol. The Kier molecular flexibility index (Phi) is 5.64. The van der Waals surface area contributed by atoms with Crippen LogP contribution < -0.4 is 4.74 Å². The third kappa shape index (κ3) is 4.55. The fourth-order valence-electron chi connectivity index (χ4n) is 3.08. The highest BCUT2D eigenvalue weighted by molar-refractivity contribution is 6.30. The molecule has 1 atom stereocenters. The van der Waals surface area contributed by atoms with Gasteiger partial charge in [-0.1, -0.05) is 42.6 Å². The van der Waals surface area contributed by atoms with Crippen molar-refractivity contribution >= 4 is 17.6 Å². The summed E-state index contributed by atoms with van der Waals surface area (Å²) in [5.41, 5.74) is 3.01.